The summed E-state index contributed by atoms with van der Waals surface area (Å²) >= 11 is 0. The topological polar surface area (TPSA) is 62.3 Å². The number of nitrogens with one attached hydrogen (secondary N) is 2. The average molecular weight is 355 g/mol. The molecule has 1 aliphatic heterocycles. The van der Waals surface area contributed by atoms with Crippen molar-refractivity contribution in [3.05, 3.63) is 36.0 Å². The van der Waals surface area contributed by atoms with Crippen molar-refractivity contribution in [1.29, 1.82) is 0 Å². The second-order valence-corrected chi connectivity index (χ2v) is 6.58. The van der Waals surface area contributed by atoms with Gasteiger partial charge in [-0.25, -0.2) is 4.98 Å². The predicted molar refractivity (Wildman–Crippen MR) is 108 cm³/mol. The lowest BCUT2D eigenvalue weighted by Gasteiger charge is -2.22. The molecule has 26 heavy (non-hydrogen) atoms. The molecule has 1 aromatic heterocycles. The number of hydrogen-bond acceptors (Lipinski definition) is 6. The van der Waals surface area contributed by atoms with Crippen LogP contribution >= 0.6 is 0 Å². The quantitative estimate of drug-likeness (QED) is 0.747. The van der Waals surface area contributed by atoms with Crippen molar-refractivity contribution >= 4 is 23.1 Å². The average Bonchev–Trinajstić information content (AvgIpc) is 3.17. The first-order valence-electron chi connectivity index (χ1n) is 9.50. The molecule has 0 bridgehead atoms. The maximum Gasteiger partial charge on any atom is 0.224 e. The predicted octanol–water partition coefficient (Wildman–Crippen LogP) is 3.97. The van der Waals surface area contributed by atoms with Crippen LogP contribution in [0.3, 0.4) is 0 Å². The Morgan fingerprint density at radius 2 is 2.08 bits per heavy atom. The smallest absolute Gasteiger partial charge is 0.224 e. The standard InChI is InChI=1S/C20H29N5O/c1-4-25(5-2)16-8-9-18(15(3)13-16)23-19-10-11-21-20(24-19)22-14-17-7-6-12-26-17/h8-11,13,17H,4-7,12,14H2,1-3H3,(H2,21,22,23,24). The minimum Gasteiger partial charge on any atom is -0.376 e. The third-order valence-electron chi connectivity index (χ3n) is 4.77. The highest BCUT2D eigenvalue weighted by Gasteiger charge is 2.15. The molecule has 1 saturated heterocycles. The Morgan fingerprint density at radius 1 is 1.23 bits per heavy atom. The Morgan fingerprint density at radius 3 is 2.77 bits per heavy atom. The van der Waals surface area contributed by atoms with Crippen LogP contribution in [0.4, 0.5) is 23.1 Å². The molecule has 0 radical (unpaired) electrons. The summed E-state index contributed by atoms with van der Waals surface area (Å²) in [4.78, 5) is 11.2. The molecule has 1 atom stereocenters. The minimum absolute atomic E-state index is 0.269. The van der Waals surface area contributed by atoms with Crippen molar-refractivity contribution in [2.24, 2.45) is 0 Å². The van der Waals surface area contributed by atoms with Gasteiger partial charge < -0.3 is 20.3 Å². The van der Waals surface area contributed by atoms with Gasteiger partial charge in [0.05, 0.1) is 6.10 Å². The minimum atomic E-state index is 0.269. The first-order chi connectivity index (χ1) is 12.7. The summed E-state index contributed by atoms with van der Waals surface area (Å²) in [5.41, 5.74) is 3.51. The van der Waals surface area contributed by atoms with Crippen molar-refractivity contribution in [2.75, 3.05) is 41.8 Å². The van der Waals surface area contributed by atoms with Crippen LogP contribution in [0.1, 0.15) is 32.3 Å². The van der Waals surface area contributed by atoms with E-state index in [9.17, 15) is 0 Å². The van der Waals surface area contributed by atoms with E-state index in [1.165, 1.54) is 11.3 Å². The van der Waals surface area contributed by atoms with Gasteiger partial charge in [-0.15, -0.1) is 0 Å². The maximum absolute atomic E-state index is 5.63. The molecular weight excluding hydrogens is 326 g/mol. The van der Waals surface area contributed by atoms with E-state index in [0.717, 1.165) is 50.6 Å². The molecule has 0 amide bonds. The Bertz CT molecular complexity index is 711. The number of ether oxygens (including phenoxy) is 1. The van der Waals surface area contributed by atoms with Gasteiger partial charge in [0.15, 0.2) is 0 Å². The number of hydrogen-bond donors (Lipinski definition) is 2. The summed E-state index contributed by atoms with van der Waals surface area (Å²) in [5, 5.41) is 6.67. The van der Waals surface area contributed by atoms with E-state index in [2.05, 4.69) is 64.5 Å². The van der Waals surface area contributed by atoms with E-state index in [1.807, 2.05) is 6.07 Å². The van der Waals surface area contributed by atoms with Crippen LogP contribution < -0.4 is 15.5 Å². The van der Waals surface area contributed by atoms with E-state index in [-0.39, 0.29) is 6.10 Å². The molecule has 0 spiro atoms. The Labute approximate surface area is 156 Å². The van der Waals surface area contributed by atoms with E-state index in [4.69, 9.17) is 4.74 Å². The normalized spacial score (nSPS) is 16.5. The third kappa shape index (κ3) is 4.64. The van der Waals surface area contributed by atoms with Gasteiger partial charge in [-0.05, 0) is 63.4 Å². The van der Waals surface area contributed by atoms with Crippen molar-refractivity contribution in [2.45, 2.75) is 39.7 Å². The van der Waals surface area contributed by atoms with Gasteiger partial charge in [0.2, 0.25) is 5.95 Å². The van der Waals surface area contributed by atoms with E-state index in [0.29, 0.717) is 5.95 Å². The number of benzene rings is 1. The molecule has 1 fully saturated rings. The van der Waals surface area contributed by atoms with Gasteiger partial charge >= 0.3 is 0 Å². The summed E-state index contributed by atoms with van der Waals surface area (Å²) in [7, 11) is 0. The zero-order valence-electron chi connectivity index (χ0n) is 16.0. The highest BCUT2D eigenvalue weighted by Crippen LogP contribution is 2.25. The van der Waals surface area contributed by atoms with Gasteiger partial charge in [-0.3, -0.25) is 0 Å². The molecule has 6 heteroatoms. The SMILES string of the molecule is CCN(CC)c1ccc(Nc2ccnc(NCC3CCCO3)n2)c(C)c1. The number of aryl methyl sites for hydroxylation is 1. The van der Waals surface area contributed by atoms with Crippen LogP contribution in [-0.2, 0) is 4.74 Å². The van der Waals surface area contributed by atoms with Crippen molar-refractivity contribution in [3.63, 3.8) is 0 Å². The van der Waals surface area contributed by atoms with Gasteiger partial charge in [0.25, 0.3) is 0 Å². The molecule has 6 nitrogen and oxygen atoms in total. The van der Waals surface area contributed by atoms with E-state index >= 15 is 0 Å². The van der Waals surface area contributed by atoms with Crippen LogP contribution in [0.15, 0.2) is 30.5 Å². The lowest BCUT2D eigenvalue weighted by atomic mass is 10.1. The number of aromatic nitrogens is 2. The molecule has 1 unspecified atom stereocenters. The zero-order valence-corrected chi connectivity index (χ0v) is 16.0. The number of anilines is 4. The first-order valence-corrected chi connectivity index (χ1v) is 9.50. The van der Waals surface area contributed by atoms with Gasteiger partial charge in [0.1, 0.15) is 5.82 Å². The summed E-state index contributed by atoms with van der Waals surface area (Å²) in [6, 6.07) is 8.37. The summed E-state index contributed by atoms with van der Waals surface area (Å²) in [6.45, 7) is 10.1. The Hall–Kier alpha value is -2.34. The molecule has 2 aromatic rings. The molecule has 1 aromatic carbocycles. The second-order valence-electron chi connectivity index (χ2n) is 6.58. The van der Waals surface area contributed by atoms with Crippen LogP contribution in [-0.4, -0.2) is 42.3 Å². The number of nitrogens with zero attached hydrogens (tertiary/aromatic N) is 3. The van der Waals surface area contributed by atoms with Crippen molar-refractivity contribution in [3.8, 4) is 0 Å². The maximum atomic E-state index is 5.63. The largest absolute Gasteiger partial charge is 0.376 e. The monoisotopic (exact) mass is 355 g/mol. The third-order valence-corrected chi connectivity index (χ3v) is 4.77. The van der Waals surface area contributed by atoms with Crippen LogP contribution in [0.25, 0.3) is 0 Å². The lowest BCUT2D eigenvalue weighted by molar-refractivity contribution is 0.120. The van der Waals surface area contributed by atoms with Gasteiger partial charge in [-0.2, -0.15) is 4.98 Å². The molecule has 2 heterocycles. The fraction of sp³-hybridized carbons (Fsp3) is 0.500. The van der Waals surface area contributed by atoms with Crippen molar-refractivity contribution < 1.29 is 4.74 Å². The molecule has 0 saturated carbocycles. The Kier molecular flexibility index (Phi) is 6.28. The molecule has 140 valence electrons. The fourth-order valence-electron chi connectivity index (χ4n) is 3.24. The molecule has 3 rings (SSSR count). The highest BCUT2D eigenvalue weighted by molar-refractivity contribution is 5.65. The molecule has 0 aliphatic carbocycles. The second kappa shape index (κ2) is 8.85. The highest BCUT2D eigenvalue weighted by atomic mass is 16.5. The summed E-state index contributed by atoms with van der Waals surface area (Å²) < 4.78 is 5.63. The van der Waals surface area contributed by atoms with Crippen LogP contribution in [0.5, 0.6) is 0 Å². The number of rotatable bonds is 8. The van der Waals surface area contributed by atoms with Gasteiger partial charge in [0, 0.05) is 43.8 Å². The van der Waals surface area contributed by atoms with Crippen LogP contribution in [0, 0.1) is 6.92 Å². The van der Waals surface area contributed by atoms with E-state index in [1.54, 1.807) is 6.20 Å². The zero-order chi connectivity index (χ0) is 18.4. The first kappa shape index (κ1) is 18.5. The van der Waals surface area contributed by atoms with E-state index < -0.39 is 0 Å². The Balaban J connectivity index is 1.65. The van der Waals surface area contributed by atoms with Gasteiger partial charge in [-0.1, -0.05) is 0 Å². The summed E-state index contributed by atoms with van der Waals surface area (Å²) in [5.74, 6) is 1.41. The fourth-order valence-corrected chi connectivity index (χ4v) is 3.24. The summed E-state index contributed by atoms with van der Waals surface area (Å²) in [6.07, 6.45) is 4.28. The lowest BCUT2D eigenvalue weighted by Crippen LogP contribution is -2.21. The molecule has 1 aliphatic rings. The van der Waals surface area contributed by atoms with Crippen LogP contribution in [0.2, 0.25) is 0 Å². The molecule has 2 N–H and O–H groups in total. The molecular formula is C20H29N5O. The van der Waals surface area contributed by atoms with Crippen molar-refractivity contribution in [1.82, 2.24) is 9.97 Å².